The molecule has 1 aliphatic rings. The van der Waals surface area contributed by atoms with E-state index < -0.39 is 11.9 Å². The zero-order chi connectivity index (χ0) is 26.2. The molecule has 2 heterocycles. The Hall–Kier alpha value is -4.42. The number of nitriles is 1. The van der Waals surface area contributed by atoms with E-state index in [0.717, 1.165) is 17.3 Å². The predicted molar refractivity (Wildman–Crippen MR) is 141 cm³/mol. The van der Waals surface area contributed by atoms with Crippen LogP contribution in [-0.4, -0.2) is 31.3 Å². The Morgan fingerprint density at radius 1 is 1.11 bits per heavy atom. The number of carbonyl (C=O) groups excluding carboxylic acids is 2. The Kier molecular flexibility index (Phi) is 8.33. The van der Waals surface area contributed by atoms with Crippen molar-refractivity contribution >= 4 is 35.0 Å². The summed E-state index contributed by atoms with van der Waals surface area (Å²) < 4.78 is 16.4. The average molecular weight is 516 g/mol. The molecular formula is C28H25N3O5S. The van der Waals surface area contributed by atoms with E-state index in [1.807, 2.05) is 36.4 Å². The normalized spacial score (nSPS) is 15.0. The highest BCUT2D eigenvalue weighted by Crippen LogP contribution is 2.43. The molecule has 0 saturated heterocycles. The van der Waals surface area contributed by atoms with Crippen molar-refractivity contribution in [1.82, 2.24) is 5.32 Å². The molecule has 0 aliphatic carbocycles. The lowest BCUT2D eigenvalue weighted by Crippen LogP contribution is -2.29. The number of thioether (sulfide) groups is 1. The number of amides is 1. The van der Waals surface area contributed by atoms with Gasteiger partial charge in [0.25, 0.3) is 0 Å². The van der Waals surface area contributed by atoms with Gasteiger partial charge in [-0.2, -0.15) is 5.26 Å². The van der Waals surface area contributed by atoms with Gasteiger partial charge in [-0.1, -0.05) is 54.2 Å². The van der Waals surface area contributed by atoms with Gasteiger partial charge >= 0.3 is 5.97 Å². The van der Waals surface area contributed by atoms with Gasteiger partial charge in [-0.3, -0.25) is 4.79 Å². The van der Waals surface area contributed by atoms with Gasteiger partial charge in [-0.15, -0.1) is 0 Å². The van der Waals surface area contributed by atoms with Crippen LogP contribution in [0.5, 0.6) is 5.75 Å². The molecule has 0 radical (unpaired) electrons. The molecule has 1 unspecified atom stereocenters. The number of anilines is 1. The van der Waals surface area contributed by atoms with Crippen molar-refractivity contribution in [3.8, 4) is 11.8 Å². The molecule has 0 fully saturated rings. The van der Waals surface area contributed by atoms with Gasteiger partial charge < -0.3 is 24.5 Å². The van der Waals surface area contributed by atoms with Gasteiger partial charge in [0.1, 0.15) is 11.5 Å². The summed E-state index contributed by atoms with van der Waals surface area (Å²) >= 11 is 1.16. The smallest absolute Gasteiger partial charge is 0.337 e. The van der Waals surface area contributed by atoms with E-state index in [0.29, 0.717) is 27.9 Å². The van der Waals surface area contributed by atoms with Crippen molar-refractivity contribution < 1.29 is 23.5 Å². The fourth-order valence-corrected chi connectivity index (χ4v) is 4.81. The van der Waals surface area contributed by atoms with Crippen LogP contribution in [0, 0.1) is 11.3 Å². The van der Waals surface area contributed by atoms with Crippen LogP contribution >= 0.6 is 11.8 Å². The van der Waals surface area contributed by atoms with E-state index in [9.17, 15) is 14.9 Å². The largest absolute Gasteiger partial charge is 0.495 e. The standard InChI is InChI=1S/C28H25N3O5S/c1-3-35-28(33)25-24(22-14-9-15-36-22)19(16-29)27(31-26(25)18-10-5-4-6-11-18)37-17-23(32)30-20-12-7-8-13-21(20)34-2/h4-15,24,31H,3,17H2,1-2H3,(H,30,32). The summed E-state index contributed by atoms with van der Waals surface area (Å²) in [6.45, 7) is 1.90. The van der Waals surface area contributed by atoms with E-state index in [1.54, 1.807) is 37.3 Å². The van der Waals surface area contributed by atoms with Crippen LogP contribution in [0.3, 0.4) is 0 Å². The van der Waals surface area contributed by atoms with Gasteiger partial charge in [0, 0.05) is 0 Å². The molecule has 188 valence electrons. The molecule has 0 spiro atoms. The Bertz CT molecular complexity index is 1370. The first kappa shape index (κ1) is 25.7. The van der Waals surface area contributed by atoms with E-state index in [2.05, 4.69) is 16.7 Å². The summed E-state index contributed by atoms with van der Waals surface area (Å²) in [5.41, 5.74) is 2.29. The van der Waals surface area contributed by atoms with Crippen molar-refractivity contribution in [2.45, 2.75) is 12.8 Å². The highest BCUT2D eigenvalue weighted by atomic mass is 32.2. The van der Waals surface area contributed by atoms with Crippen molar-refractivity contribution in [2.24, 2.45) is 0 Å². The van der Waals surface area contributed by atoms with Gasteiger partial charge in [0.05, 0.1) is 65.3 Å². The molecule has 4 rings (SSSR count). The van der Waals surface area contributed by atoms with E-state index in [4.69, 9.17) is 13.9 Å². The molecule has 1 aromatic heterocycles. The third kappa shape index (κ3) is 5.71. The number of ether oxygens (including phenoxy) is 2. The number of nitrogens with zero attached hydrogens (tertiary/aromatic N) is 1. The van der Waals surface area contributed by atoms with Crippen LogP contribution < -0.4 is 15.4 Å². The van der Waals surface area contributed by atoms with Crippen molar-refractivity contribution in [2.75, 3.05) is 24.8 Å². The number of para-hydroxylation sites is 2. The quantitative estimate of drug-likeness (QED) is 0.380. The lowest BCUT2D eigenvalue weighted by molar-refractivity contribution is -0.138. The minimum Gasteiger partial charge on any atom is -0.495 e. The Morgan fingerprint density at radius 2 is 1.86 bits per heavy atom. The molecule has 2 aromatic carbocycles. The number of allylic oxidation sites excluding steroid dienone is 1. The number of nitrogens with one attached hydrogen (secondary N) is 2. The molecule has 1 amide bonds. The Balaban J connectivity index is 1.71. The molecule has 9 heteroatoms. The highest BCUT2D eigenvalue weighted by molar-refractivity contribution is 8.03. The fourth-order valence-electron chi connectivity index (χ4n) is 3.97. The summed E-state index contributed by atoms with van der Waals surface area (Å²) in [6.07, 6.45) is 1.49. The molecule has 1 aliphatic heterocycles. The molecule has 0 saturated carbocycles. The molecule has 2 N–H and O–H groups in total. The molecule has 37 heavy (non-hydrogen) atoms. The maximum atomic E-state index is 13.2. The third-order valence-corrected chi connectivity index (χ3v) is 6.58. The monoisotopic (exact) mass is 515 g/mol. The van der Waals surface area contributed by atoms with E-state index >= 15 is 0 Å². The number of hydrogen-bond acceptors (Lipinski definition) is 8. The molecule has 0 bridgehead atoms. The number of dihydropyridines is 1. The van der Waals surface area contributed by atoms with Crippen molar-refractivity contribution in [1.29, 1.82) is 5.26 Å². The second kappa shape index (κ2) is 12.0. The number of benzene rings is 2. The number of hydrogen-bond donors (Lipinski definition) is 2. The second-order valence-corrected chi connectivity index (χ2v) is 8.83. The minimum absolute atomic E-state index is 0.00719. The highest BCUT2D eigenvalue weighted by Gasteiger charge is 2.38. The first-order valence-corrected chi connectivity index (χ1v) is 12.5. The van der Waals surface area contributed by atoms with E-state index in [1.165, 1.54) is 13.4 Å². The number of carbonyl (C=O) groups is 2. The van der Waals surface area contributed by atoms with Gasteiger partial charge in [-0.25, -0.2) is 4.79 Å². The summed E-state index contributed by atoms with van der Waals surface area (Å²) in [7, 11) is 1.53. The van der Waals surface area contributed by atoms with Crippen LogP contribution in [0.2, 0.25) is 0 Å². The maximum absolute atomic E-state index is 13.2. The average Bonchev–Trinajstić information content (AvgIpc) is 3.46. The summed E-state index contributed by atoms with van der Waals surface area (Å²) in [6, 6.07) is 22.0. The Labute approximate surface area is 218 Å². The second-order valence-electron chi connectivity index (χ2n) is 7.84. The van der Waals surface area contributed by atoms with Crippen LogP contribution in [-0.2, 0) is 14.3 Å². The molecular weight excluding hydrogens is 490 g/mol. The summed E-state index contributed by atoms with van der Waals surface area (Å²) in [4.78, 5) is 26.0. The topological polar surface area (TPSA) is 114 Å². The van der Waals surface area contributed by atoms with E-state index in [-0.39, 0.29) is 29.4 Å². The van der Waals surface area contributed by atoms with Crippen LogP contribution in [0.4, 0.5) is 5.69 Å². The molecule has 3 aromatic rings. The number of esters is 1. The maximum Gasteiger partial charge on any atom is 0.337 e. The zero-order valence-corrected chi connectivity index (χ0v) is 21.1. The van der Waals surface area contributed by atoms with Crippen molar-refractivity contribution in [3.05, 3.63) is 100 Å². The molecule has 8 nitrogen and oxygen atoms in total. The van der Waals surface area contributed by atoms with Gasteiger partial charge in [0.2, 0.25) is 5.91 Å². The fraction of sp³-hybridized carbons (Fsp3) is 0.179. The van der Waals surface area contributed by atoms with Crippen LogP contribution in [0.1, 0.15) is 24.2 Å². The lowest BCUT2D eigenvalue weighted by atomic mass is 9.84. The van der Waals surface area contributed by atoms with Crippen molar-refractivity contribution in [3.63, 3.8) is 0 Å². The minimum atomic E-state index is -0.810. The van der Waals surface area contributed by atoms with Crippen LogP contribution in [0.25, 0.3) is 5.70 Å². The number of furan rings is 1. The summed E-state index contributed by atoms with van der Waals surface area (Å²) in [5, 5.41) is 16.7. The number of rotatable bonds is 9. The summed E-state index contributed by atoms with van der Waals surface area (Å²) in [5.74, 6) is -0.674. The first-order valence-electron chi connectivity index (χ1n) is 11.5. The first-order chi connectivity index (χ1) is 18.1. The van der Waals surface area contributed by atoms with Gasteiger partial charge in [0.15, 0.2) is 0 Å². The van der Waals surface area contributed by atoms with Crippen LogP contribution in [0.15, 0.2) is 93.6 Å². The third-order valence-electron chi connectivity index (χ3n) is 5.56. The van der Waals surface area contributed by atoms with Gasteiger partial charge in [-0.05, 0) is 36.8 Å². The predicted octanol–water partition coefficient (Wildman–Crippen LogP) is 5.06. The molecule has 1 atom stereocenters. The Morgan fingerprint density at radius 3 is 2.54 bits per heavy atom. The zero-order valence-electron chi connectivity index (χ0n) is 20.3. The number of methoxy groups -OCH3 is 1. The SMILES string of the molecule is CCOC(=O)C1=C(c2ccccc2)NC(SCC(=O)Nc2ccccc2OC)=C(C#N)C1c1ccco1. The lowest BCUT2D eigenvalue weighted by Gasteiger charge is -2.29.